The fourth-order valence-electron chi connectivity index (χ4n) is 3.00. The van der Waals surface area contributed by atoms with Crippen molar-refractivity contribution in [2.24, 2.45) is 0 Å². The highest BCUT2D eigenvalue weighted by Gasteiger charge is 2.18. The second kappa shape index (κ2) is 9.39. The lowest BCUT2D eigenvalue weighted by atomic mass is 9.98. The summed E-state index contributed by atoms with van der Waals surface area (Å²) in [7, 11) is 3.11. The summed E-state index contributed by atoms with van der Waals surface area (Å²) in [6, 6.07) is 19.3. The number of para-hydroxylation sites is 1. The maximum Gasteiger partial charge on any atom is 0.252 e. The number of nitrogens with one attached hydrogen (secondary N) is 1. The van der Waals surface area contributed by atoms with Crippen molar-refractivity contribution in [3.63, 3.8) is 0 Å². The Hall–Kier alpha value is -3.12. The molecular formula is C23H20BrNO4. The average molecular weight is 454 g/mol. The molecule has 0 saturated carbocycles. The maximum absolute atomic E-state index is 12.9. The number of ketones is 1. The lowest BCUT2D eigenvalue weighted by molar-refractivity contribution is 0.0939. The van der Waals surface area contributed by atoms with Gasteiger partial charge in [0.15, 0.2) is 17.3 Å². The van der Waals surface area contributed by atoms with E-state index in [1.54, 1.807) is 68.8 Å². The second-order valence-corrected chi connectivity index (χ2v) is 7.13. The maximum atomic E-state index is 12.9. The molecule has 1 amide bonds. The molecule has 0 aromatic heterocycles. The van der Waals surface area contributed by atoms with Crippen LogP contribution in [-0.2, 0) is 6.54 Å². The lowest BCUT2D eigenvalue weighted by Crippen LogP contribution is -2.25. The van der Waals surface area contributed by atoms with Gasteiger partial charge in [-0.15, -0.1) is 0 Å². The van der Waals surface area contributed by atoms with Crippen molar-refractivity contribution >= 4 is 27.6 Å². The van der Waals surface area contributed by atoms with Crippen molar-refractivity contribution in [1.29, 1.82) is 0 Å². The van der Waals surface area contributed by atoms with Crippen molar-refractivity contribution in [2.75, 3.05) is 14.2 Å². The number of hydrogen-bond donors (Lipinski definition) is 1. The van der Waals surface area contributed by atoms with Crippen LogP contribution in [0.5, 0.6) is 11.5 Å². The lowest BCUT2D eigenvalue weighted by Gasteiger charge is -2.14. The van der Waals surface area contributed by atoms with E-state index in [0.717, 1.165) is 10.0 Å². The monoisotopic (exact) mass is 453 g/mol. The largest absolute Gasteiger partial charge is 0.493 e. The third-order valence-corrected chi connectivity index (χ3v) is 4.98. The number of methoxy groups -OCH3 is 2. The van der Waals surface area contributed by atoms with Crippen LogP contribution >= 0.6 is 15.9 Å². The zero-order valence-corrected chi connectivity index (χ0v) is 17.7. The zero-order valence-electron chi connectivity index (χ0n) is 16.1. The molecule has 0 fully saturated rings. The topological polar surface area (TPSA) is 64.6 Å². The van der Waals surface area contributed by atoms with Gasteiger partial charge in [0.05, 0.1) is 19.8 Å². The molecule has 0 aliphatic carbocycles. The summed E-state index contributed by atoms with van der Waals surface area (Å²) >= 11 is 3.36. The summed E-state index contributed by atoms with van der Waals surface area (Å²) in [5.41, 5.74) is 1.96. The Morgan fingerprint density at radius 2 is 1.55 bits per heavy atom. The Morgan fingerprint density at radius 3 is 2.21 bits per heavy atom. The molecule has 3 aromatic rings. The van der Waals surface area contributed by atoms with Crippen molar-refractivity contribution in [2.45, 2.75) is 6.54 Å². The Morgan fingerprint density at radius 1 is 0.862 bits per heavy atom. The van der Waals surface area contributed by atoms with E-state index in [1.807, 2.05) is 12.1 Å². The number of hydrogen-bond acceptors (Lipinski definition) is 4. The first-order chi connectivity index (χ1) is 14.0. The van der Waals surface area contributed by atoms with Crippen LogP contribution < -0.4 is 14.8 Å². The quantitative estimate of drug-likeness (QED) is 0.529. The zero-order chi connectivity index (χ0) is 20.8. The van der Waals surface area contributed by atoms with Gasteiger partial charge < -0.3 is 14.8 Å². The van der Waals surface area contributed by atoms with Gasteiger partial charge in [0.2, 0.25) is 0 Å². The molecule has 0 spiro atoms. The Kier molecular flexibility index (Phi) is 6.67. The normalized spacial score (nSPS) is 10.3. The van der Waals surface area contributed by atoms with Crippen LogP contribution in [0.4, 0.5) is 0 Å². The van der Waals surface area contributed by atoms with Crippen molar-refractivity contribution in [3.8, 4) is 11.5 Å². The van der Waals surface area contributed by atoms with E-state index in [-0.39, 0.29) is 18.2 Å². The van der Waals surface area contributed by atoms with Gasteiger partial charge in [-0.3, -0.25) is 9.59 Å². The van der Waals surface area contributed by atoms with Crippen molar-refractivity contribution < 1.29 is 19.1 Å². The molecule has 1 N–H and O–H groups in total. The van der Waals surface area contributed by atoms with E-state index in [2.05, 4.69) is 21.2 Å². The Labute approximate surface area is 177 Å². The Bertz CT molecular complexity index is 1030. The van der Waals surface area contributed by atoms with Gasteiger partial charge in [0.25, 0.3) is 5.91 Å². The highest BCUT2D eigenvalue weighted by molar-refractivity contribution is 9.10. The minimum atomic E-state index is -0.337. The standard InChI is InChI=1S/C23H20BrNO4/c1-28-20-9-5-6-16(22(20)29-2)14-25-23(27)19-8-4-3-7-18(19)21(26)15-10-12-17(24)13-11-15/h3-13H,14H2,1-2H3,(H,25,27). The molecule has 0 unspecified atom stereocenters. The number of carbonyl (C=O) groups is 2. The summed E-state index contributed by atoms with van der Waals surface area (Å²) < 4.78 is 11.6. The summed E-state index contributed by atoms with van der Waals surface area (Å²) in [6.45, 7) is 0.236. The van der Waals surface area contributed by atoms with E-state index in [1.165, 1.54) is 0 Å². The van der Waals surface area contributed by atoms with Crippen LogP contribution in [0.2, 0.25) is 0 Å². The first kappa shape index (κ1) is 20.6. The molecular weight excluding hydrogens is 434 g/mol. The number of ether oxygens (including phenoxy) is 2. The molecule has 3 aromatic carbocycles. The average Bonchev–Trinajstić information content (AvgIpc) is 2.77. The molecule has 6 heteroatoms. The molecule has 0 radical (unpaired) electrons. The predicted octanol–water partition coefficient (Wildman–Crippen LogP) is 4.63. The number of carbonyl (C=O) groups excluding carboxylic acids is 2. The Balaban J connectivity index is 1.82. The van der Waals surface area contributed by atoms with Crippen molar-refractivity contribution in [3.05, 3.63) is 93.5 Å². The third-order valence-electron chi connectivity index (χ3n) is 4.45. The van der Waals surface area contributed by atoms with Crippen LogP contribution in [0.1, 0.15) is 31.8 Å². The first-order valence-corrected chi connectivity index (χ1v) is 9.71. The van der Waals surface area contributed by atoms with E-state index < -0.39 is 0 Å². The van der Waals surface area contributed by atoms with Gasteiger partial charge in [-0.2, -0.15) is 0 Å². The van der Waals surface area contributed by atoms with Gasteiger partial charge in [0.1, 0.15) is 0 Å². The molecule has 0 saturated heterocycles. The molecule has 148 valence electrons. The van der Waals surface area contributed by atoms with Gasteiger partial charge in [-0.05, 0) is 36.4 Å². The smallest absolute Gasteiger partial charge is 0.252 e. The minimum Gasteiger partial charge on any atom is -0.493 e. The van der Waals surface area contributed by atoms with E-state index in [9.17, 15) is 9.59 Å². The van der Waals surface area contributed by atoms with Gasteiger partial charge in [-0.1, -0.05) is 46.3 Å². The summed E-state index contributed by atoms with van der Waals surface area (Å²) in [4.78, 5) is 25.7. The minimum absolute atomic E-state index is 0.206. The molecule has 29 heavy (non-hydrogen) atoms. The van der Waals surface area contributed by atoms with E-state index >= 15 is 0 Å². The molecule has 5 nitrogen and oxygen atoms in total. The fraction of sp³-hybridized carbons (Fsp3) is 0.130. The highest BCUT2D eigenvalue weighted by Crippen LogP contribution is 2.30. The summed E-state index contributed by atoms with van der Waals surface area (Å²) in [5.74, 6) is 0.609. The number of amides is 1. The molecule has 0 aliphatic rings. The molecule has 0 aliphatic heterocycles. The van der Waals surface area contributed by atoms with Gasteiger partial charge in [0, 0.05) is 27.7 Å². The molecule has 0 bridgehead atoms. The number of halogens is 1. The first-order valence-electron chi connectivity index (χ1n) is 8.92. The van der Waals surface area contributed by atoms with Crippen LogP contribution in [-0.4, -0.2) is 25.9 Å². The van der Waals surface area contributed by atoms with Crippen LogP contribution in [0.25, 0.3) is 0 Å². The SMILES string of the molecule is COc1cccc(CNC(=O)c2ccccc2C(=O)c2ccc(Br)cc2)c1OC. The third kappa shape index (κ3) is 4.66. The van der Waals surface area contributed by atoms with Crippen LogP contribution in [0.15, 0.2) is 71.2 Å². The van der Waals surface area contributed by atoms with Crippen LogP contribution in [0.3, 0.4) is 0 Å². The van der Waals surface area contributed by atoms with Crippen molar-refractivity contribution in [1.82, 2.24) is 5.32 Å². The van der Waals surface area contributed by atoms with E-state index in [4.69, 9.17) is 9.47 Å². The molecule has 0 atom stereocenters. The van der Waals surface area contributed by atoms with Crippen LogP contribution in [0, 0.1) is 0 Å². The highest BCUT2D eigenvalue weighted by atomic mass is 79.9. The van der Waals surface area contributed by atoms with E-state index in [0.29, 0.717) is 28.2 Å². The summed E-state index contributed by atoms with van der Waals surface area (Å²) in [5, 5.41) is 2.86. The molecule has 0 heterocycles. The molecule has 3 rings (SSSR count). The van der Waals surface area contributed by atoms with Gasteiger partial charge >= 0.3 is 0 Å². The predicted molar refractivity (Wildman–Crippen MR) is 115 cm³/mol. The fourth-order valence-corrected chi connectivity index (χ4v) is 3.26. The summed E-state index contributed by atoms with van der Waals surface area (Å²) in [6.07, 6.45) is 0. The number of rotatable bonds is 7. The number of benzene rings is 3. The second-order valence-electron chi connectivity index (χ2n) is 6.22. The van der Waals surface area contributed by atoms with Gasteiger partial charge in [-0.25, -0.2) is 0 Å².